The minimum atomic E-state index is 0.0454. The predicted octanol–water partition coefficient (Wildman–Crippen LogP) is 4.39. The van der Waals surface area contributed by atoms with Gasteiger partial charge >= 0.3 is 0 Å². The second kappa shape index (κ2) is 10.1. The lowest BCUT2D eigenvalue weighted by molar-refractivity contribution is -0.132. The van der Waals surface area contributed by atoms with Gasteiger partial charge in [-0.3, -0.25) is 9.59 Å². The number of carbonyl (C=O) groups excluding carboxylic acids is 2. The quantitative estimate of drug-likeness (QED) is 0.722. The van der Waals surface area contributed by atoms with Gasteiger partial charge in [-0.1, -0.05) is 26.2 Å². The van der Waals surface area contributed by atoms with Crippen molar-refractivity contribution in [2.45, 2.75) is 78.2 Å². The summed E-state index contributed by atoms with van der Waals surface area (Å²) in [6.07, 6.45) is 12.7. The minimum Gasteiger partial charge on any atom is -0.356 e. The molecule has 1 aliphatic heterocycles. The molecule has 0 aromatic carbocycles. The standard InChI is InChI=1S/C24H37N3O2/c1-4-14-25-24(29)20-12-15-26(16-13-20)23(28)11-10-21-17-18(2)27(19(21)3)22-8-6-5-7-9-22/h10-11,17,20,22H,4-9,12-16H2,1-3H3,(H,25,29)/b11-10+. The van der Waals surface area contributed by atoms with Crippen molar-refractivity contribution in [1.82, 2.24) is 14.8 Å². The third kappa shape index (κ3) is 5.31. The number of likely N-dealkylation sites (tertiary alicyclic amines) is 1. The van der Waals surface area contributed by atoms with E-state index in [0.29, 0.717) is 19.1 Å². The van der Waals surface area contributed by atoms with Gasteiger partial charge in [-0.15, -0.1) is 0 Å². The highest BCUT2D eigenvalue weighted by Crippen LogP contribution is 2.32. The molecule has 1 aromatic heterocycles. The summed E-state index contributed by atoms with van der Waals surface area (Å²) in [5, 5.41) is 2.97. The van der Waals surface area contributed by atoms with Gasteiger partial charge in [0, 0.05) is 49.1 Å². The van der Waals surface area contributed by atoms with E-state index in [-0.39, 0.29) is 17.7 Å². The zero-order valence-corrected chi connectivity index (χ0v) is 18.4. The first-order chi connectivity index (χ1) is 14.0. The Bertz CT molecular complexity index is 736. The highest BCUT2D eigenvalue weighted by molar-refractivity contribution is 5.92. The molecule has 3 rings (SSSR count). The Morgan fingerprint density at radius 2 is 1.79 bits per heavy atom. The fraction of sp³-hybridized carbons (Fsp3) is 0.667. The minimum absolute atomic E-state index is 0.0454. The summed E-state index contributed by atoms with van der Waals surface area (Å²) in [6.45, 7) is 8.46. The topological polar surface area (TPSA) is 54.3 Å². The first-order valence-corrected chi connectivity index (χ1v) is 11.4. The average Bonchev–Trinajstić information content (AvgIpc) is 3.04. The van der Waals surface area contributed by atoms with Crippen molar-refractivity contribution in [1.29, 1.82) is 0 Å². The van der Waals surface area contributed by atoms with E-state index < -0.39 is 0 Å². The molecule has 160 valence electrons. The van der Waals surface area contributed by atoms with Crippen LogP contribution >= 0.6 is 0 Å². The monoisotopic (exact) mass is 399 g/mol. The Labute approximate surface area is 175 Å². The van der Waals surface area contributed by atoms with E-state index in [0.717, 1.165) is 31.4 Å². The summed E-state index contributed by atoms with van der Waals surface area (Å²) in [5.41, 5.74) is 3.71. The Kier molecular flexibility index (Phi) is 7.57. The van der Waals surface area contributed by atoms with Crippen molar-refractivity contribution >= 4 is 17.9 Å². The van der Waals surface area contributed by atoms with Crippen LogP contribution in [0.3, 0.4) is 0 Å². The molecule has 2 fully saturated rings. The molecule has 0 unspecified atom stereocenters. The molecule has 2 aliphatic rings. The Hall–Kier alpha value is -2.04. The van der Waals surface area contributed by atoms with Crippen LogP contribution in [-0.2, 0) is 9.59 Å². The lowest BCUT2D eigenvalue weighted by Gasteiger charge is -2.30. The highest BCUT2D eigenvalue weighted by Gasteiger charge is 2.26. The van der Waals surface area contributed by atoms with Gasteiger partial charge in [0.05, 0.1) is 0 Å². The fourth-order valence-corrected chi connectivity index (χ4v) is 4.89. The second-order valence-electron chi connectivity index (χ2n) is 8.71. The van der Waals surface area contributed by atoms with Crippen LogP contribution in [0.25, 0.3) is 6.08 Å². The maximum absolute atomic E-state index is 12.7. The van der Waals surface area contributed by atoms with Crippen molar-refractivity contribution in [3.05, 3.63) is 29.1 Å². The van der Waals surface area contributed by atoms with Gasteiger partial charge in [0.25, 0.3) is 0 Å². The average molecular weight is 400 g/mol. The zero-order valence-electron chi connectivity index (χ0n) is 18.4. The SMILES string of the molecule is CCCNC(=O)C1CCN(C(=O)/C=C/c2cc(C)n(C3CCCCC3)c2C)CC1. The molecule has 1 N–H and O–H groups in total. The van der Waals surface area contributed by atoms with Crippen molar-refractivity contribution < 1.29 is 9.59 Å². The number of hydrogen-bond donors (Lipinski definition) is 1. The lowest BCUT2D eigenvalue weighted by atomic mass is 9.95. The first kappa shape index (κ1) is 21.7. The molecule has 2 amide bonds. The van der Waals surface area contributed by atoms with Gasteiger partial charge in [0.2, 0.25) is 11.8 Å². The largest absolute Gasteiger partial charge is 0.356 e. The van der Waals surface area contributed by atoms with E-state index in [9.17, 15) is 9.59 Å². The summed E-state index contributed by atoms with van der Waals surface area (Å²) in [5.74, 6) is 0.244. The molecule has 0 spiro atoms. The lowest BCUT2D eigenvalue weighted by Crippen LogP contribution is -2.42. The predicted molar refractivity (Wildman–Crippen MR) is 118 cm³/mol. The third-order valence-corrected chi connectivity index (χ3v) is 6.60. The molecule has 1 aromatic rings. The van der Waals surface area contributed by atoms with E-state index in [4.69, 9.17) is 0 Å². The maximum atomic E-state index is 12.7. The molecule has 5 heteroatoms. The van der Waals surface area contributed by atoms with Gasteiger partial charge in [0.15, 0.2) is 0 Å². The number of carbonyl (C=O) groups is 2. The number of nitrogens with one attached hydrogen (secondary N) is 1. The van der Waals surface area contributed by atoms with E-state index in [1.165, 1.54) is 43.5 Å². The van der Waals surface area contributed by atoms with Crippen molar-refractivity contribution in [3.8, 4) is 0 Å². The van der Waals surface area contributed by atoms with Crippen LogP contribution < -0.4 is 5.32 Å². The summed E-state index contributed by atoms with van der Waals surface area (Å²) < 4.78 is 2.48. The number of amides is 2. The number of hydrogen-bond acceptors (Lipinski definition) is 2. The molecule has 5 nitrogen and oxygen atoms in total. The fourth-order valence-electron chi connectivity index (χ4n) is 4.89. The summed E-state index contributed by atoms with van der Waals surface area (Å²) in [7, 11) is 0. The van der Waals surface area contributed by atoms with Crippen LogP contribution in [0, 0.1) is 19.8 Å². The van der Waals surface area contributed by atoms with Crippen LogP contribution in [0.15, 0.2) is 12.1 Å². The van der Waals surface area contributed by atoms with Crippen LogP contribution in [0.5, 0.6) is 0 Å². The molecule has 1 saturated carbocycles. The number of aromatic nitrogens is 1. The Morgan fingerprint density at radius 1 is 1.10 bits per heavy atom. The molecule has 0 radical (unpaired) electrons. The van der Waals surface area contributed by atoms with E-state index in [1.54, 1.807) is 6.08 Å². The van der Waals surface area contributed by atoms with Gasteiger partial charge in [-0.05, 0) is 63.7 Å². The first-order valence-electron chi connectivity index (χ1n) is 11.4. The molecule has 0 atom stereocenters. The zero-order chi connectivity index (χ0) is 20.8. The Balaban J connectivity index is 1.57. The summed E-state index contributed by atoms with van der Waals surface area (Å²) >= 11 is 0. The van der Waals surface area contributed by atoms with Gasteiger partial charge < -0.3 is 14.8 Å². The second-order valence-corrected chi connectivity index (χ2v) is 8.71. The van der Waals surface area contributed by atoms with Gasteiger partial charge in [-0.25, -0.2) is 0 Å². The number of nitrogens with zero attached hydrogens (tertiary/aromatic N) is 2. The molecule has 0 bridgehead atoms. The highest BCUT2D eigenvalue weighted by atomic mass is 16.2. The molecule has 29 heavy (non-hydrogen) atoms. The van der Waals surface area contributed by atoms with Gasteiger partial charge in [-0.2, -0.15) is 0 Å². The van der Waals surface area contributed by atoms with E-state index in [1.807, 2.05) is 11.0 Å². The normalized spacial score (nSPS) is 19.1. The van der Waals surface area contributed by atoms with Crippen LogP contribution in [0.4, 0.5) is 0 Å². The number of piperidine rings is 1. The molecular weight excluding hydrogens is 362 g/mol. The van der Waals surface area contributed by atoms with Crippen molar-refractivity contribution in [3.63, 3.8) is 0 Å². The summed E-state index contributed by atoms with van der Waals surface area (Å²) in [6, 6.07) is 2.82. The number of rotatable bonds is 6. The van der Waals surface area contributed by atoms with Crippen LogP contribution in [0.2, 0.25) is 0 Å². The number of aryl methyl sites for hydroxylation is 1. The van der Waals surface area contributed by atoms with E-state index in [2.05, 4.69) is 36.7 Å². The smallest absolute Gasteiger partial charge is 0.246 e. The van der Waals surface area contributed by atoms with Crippen LogP contribution in [-0.4, -0.2) is 40.9 Å². The Morgan fingerprint density at radius 3 is 2.45 bits per heavy atom. The van der Waals surface area contributed by atoms with Crippen molar-refractivity contribution in [2.24, 2.45) is 5.92 Å². The van der Waals surface area contributed by atoms with Crippen molar-refractivity contribution in [2.75, 3.05) is 19.6 Å². The van der Waals surface area contributed by atoms with Gasteiger partial charge in [0.1, 0.15) is 0 Å². The third-order valence-electron chi connectivity index (χ3n) is 6.60. The van der Waals surface area contributed by atoms with E-state index >= 15 is 0 Å². The molecular formula is C24H37N3O2. The summed E-state index contributed by atoms with van der Waals surface area (Å²) in [4.78, 5) is 26.6. The molecule has 1 saturated heterocycles. The molecule has 1 aliphatic carbocycles. The molecule has 2 heterocycles. The maximum Gasteiger partial charge on any atom is 0.246 e. The van der Waals surface area contributed by atoms with Crippen LogP contribution in [0.1, 0.15) is 81.3 Å².